The number of hydrogen-bond acceptors (Lipinski definition) is 3. The molecule has 0 radical (unpaired) electrons. The zero-order chi connectivity index (χ0) is 10.8. The van der Waals surface area contributed by atoms with Crippen molar-refractivity contribution in [2.75, 3.05) is 0 Å². The Morgan fingerprint density at radius 3 is 3.07 bits per heavy atom. The van der Waals surface area contributed by atoms with Crippen molar-refractivity contribution < 1.29 is 14.3 Å². The Kier molecular flexibility index (Phi) is 2.29. The average molecular weight is 206 g/mol. The predicted molar refractivity (Wildman–Crippen MR) is 52.6 cm³/mol. The molecule has 0 aliphatic heterocycles. The molecule has 0 bridgehead atoms. The van der Waals surface area contributed by atoms with Gasteiger partial charge in [0.05, 0.1) is 17.5 Å². The summed E-state index contributed by atoms with van der Waals surface area (Å²) in [4.78, 5) is 10.9. The molecule has 2 aromatic rings. The largest absolute Gasteiger partial charge is 0.475 e. The van der Waals surface area contributed by atoms with Gasteiger partial charge in [-0.1, -0.05) is 0 Å². The number of aromatic carboxylic acids is 1. The van der Waals surface area contributed by atoms with Gasteiger partial charge in [0.15, 0.2) is 0 Å². The van der Waals surface area contributed by atoms with Crippen molar-refractivity contribution in [3.05, 3.63) is 30.4 Å². The summed E-state index contributed by atoms with van der Waals surface area (Å²) in [6, 6.07) is 3.40. The maximum Gasteiger partial charge on any atom is 0.372 e. The van der Waals surface area contributed by atoms with E-state index >= 15 is 0 Å². The van der Waals surface area contributed by atoms with Crippen LogP contribution in [0.25, 0.3) is 11.3 Å². The Morgan fingerprint density at radius 1 is 1.60 bits per heavy atom. The molecule has 2 heterocycles. The van der Waals surface area contributed by atoms with Crippen LogP contribution in [-0.2, 0) is 6.54 Å². The summed E-state index contributed by atoms with van der Waals surface area (Å²) in [5.41, 5.74) is 1.31. The minimum Gasteiger partial charge on any atom is -0.475 e. The second kappa shape index (κ2) is 3.61. The van der Waals surface area contributed by atoms with E-state index in [0.717, 1.165) is 5.69 Å². The lowest BCUT2D eigenvalue weighted by Gasteiger charge is -2.02. The van der Waals surface area contributed by atoms with E-state index in [-0.39, 0.29) is 5.76 Å². The molecule has 0 fully saturated rings. The van der Waals surface area contributed by atoms with Crippen LogP contribution in [-0.4, -0.2) is 20.9 Å². The lowest BCUT2D eigenvalue weighted by atomic mass is 10.2. The van der Waals surface area contributed by atoms with Crippen molar-refractivity contribution in [3.8, 4) is 11.3 Å². The first kappa shape index (κ1) is 9.51. The van der Waals surface area contributed by atoms with Gasteiger partial charge >= 0.3 is 5.97 Å². The summed E-state index contributed by atoms with van der Waals surface area (Å²) in [6.45, 7) is 2.63. The number of carboxylic acids is 1. The Morgan fingerprint density at radius 2 is 2.40 bits per heavy atom. The molecule has 0 aromatic carbocycles. The van der Waals surface area contributed by atoms with E-state index in [4.69, 9.17) is 9.52 Å². The fourth-order valence-corrected chi connectivity index (χ4v) is 1.49. The van der Waals surface area contributed by atoms with Gasteiger partial charge in [0.25, 0.3) is 0 Å². The third kappa shape index (κ3) is 1.52. The molecule has 0 aliphatic rings. The van der Waals surface area contributed by atoms with Crippen molar-refractivity contribution in [1.82, 2.24) is 9.78 Å². The molecule has 5 nitrogen and oxygen atoms in total. The molecule has 0 spiro atoms. The highest BCUT2D eigenvalue weighted by atomic mass is 16.4. The number of aromatic nitrogens is 2. The third-order valence-electron chi connectivity index (χ3n) is 2.15. The lowest BCUT2D eigenvalue weighted by molar-refractivity contribution is 0.0663. The summed E-state index contributed by atoms with van der Waals surface area (Å²) >= 11 is 0. The molecular formula is C10H10N2O3. The average Bonchev–Trinajstić information content (AvgIpc) is 2.85. The molecule has 0 unspecified atom stereocenters. The lowest BCUT2D eigenvalue weighted by Crippen LogP contribution is -2.02. The molecule has 5 heteroatoms. The quantitative estimate of drug-likeness (QED) is 0.832. The Labute approximate surface area is 85.9 Å². The van der Waals surface area contributed by atoms with Gasteiger partial charge in [-0.15, -0.1) is 0 Å². The number of aryl methyl sites for hydroxylation is 1. The van der Waals surface area contributed by atoms with Crippen LogP contribution < -0.4 is 0 Å². The molecule has 0 saturated heterocycles. The topological polar surface area (TPSA) is 68.3 Å². The maximum atomic E-state index is 10.9. The first-order chi connectivity index (χ1) is 7.24. The highest BCUT2D eigenvalue weighted by Gasteiger charge is 2.17. The molecule has 1 N–H and O–H groups in total. The van der Waals surface area contributed by atoms with Crippen molar-refractivity contribution in [2.45, 2.75) is 13.5 Å². The molecule has 78 valence electrons. The highest BCUT2D eigenvalue weighted by Crippen LogP contribution is 2.24. The van der Waals surface area contributed by atoms with Gasteiger partial charge in [-0.2, -0.15) is 5.10 Å². The Bertz CT molecular complexity index is 484. The van der Waals surface area contributed by atoms with E-state index < -0.39 is 5.97 Å². The minimum atomic E-state index is -1.07. The number of hydrogen-bond donors (Lipinski definition) is 1. The Hall–Kier alpha value is -2.04. The molecule has 0 aliphatic carbocycles. The van der Waals surface area contributed by atoms with Gasteiger partial charge in [-0.25, -0.2) is 4.79 Å². The summed E-state index contributed by atoms with van der Waals surface area (Å²) in [5, 5.41) is 13.0. The van der Waals surface area contributed by atoms with E-state index in [1.165, 1.54) is 6.26 Å². The van der Waals surface area contributed by atoms with Crippen LogP contribution in [0.1, 0.15) is 17.5 Å². The molecule has 0 amide bonds. The zero-order valence-electron chi connectivity index (χ0n) is 8.17. The van der Waals surface area contributed by atoms with Gasteiger partial charge in [-0.3, -0.25) is 4.68 Å². The van der Waals surface area contributed by atoms with Gasteiger partial charge in [-0.05, 0) is 19.1 Å². The normalized spacial score (nSPS) is 10.5. The van der Waals surface area contributed by atoms with E-state index in [0.29, 0.717) is 12.1 Å². The van der Waals surface area contributed by atoms with Gasteiger partial charge < -0.3 is 9.52 Å². The van der Waals surface area contributed by atoms with Crippen molar-refractivity contribution in [1.29, 1.82) is 0 Å². The number of carboxylic acid groups (broad SMARTS) is 1. The summed E-state index contributed by atoms with van der Waals surface area (Å²) in [6.07, 6.45) is 3.00. The Balaban J connectivity index is 2.54. The minimum absolute atomic E-state index is 0.0507. The van der Waals surface area contributed by atoms with Crippen LogP contribution in [0.4, 0.5) is 0 Å². The second-order valence-electron chi connectivity index (χ2n) is 3.00. The second-order valence-corrected chi connectivity index (χ2v) is 3.00. The first-order valence-corrected chi connectivity index (χ1v) is 4.57. The van der Waals surface area contributed by atoms with Gasteiger partial charge in [0.1, 0.15) is 0 Å². The van der Waals surface area contributed by atoms with Gasteiger partial charge in [0, 0.05) is 12.7 Å². The molecular weight excluding hydrogens is 196 g/mol. The van der Waals surface area contributed by atoms with Crippen LogP contribution in [0.2, 0.25) is 0 Å². The molecule has 2 aromatic heterocycles. The van der Waals surface area contributed by atoms with Crippen LogP contribution >= 0.6 is 0 Å². The van der Waals surface area contributed by atoms with E-state index in [2.05, 4.69) is 5.10 Å². The first-order valence-electron chi connectivity index (χ1n) is 4.57. The number of carbonyl (C=O) groups is 1. The van der Waals surface area contributed by atoms with Crippen LogP contribution in [0.5, 0.6) is 0 Å². The standard InChI is InChI=1S/C10H10N2O3/c1-2-12-8(3-5-11-12)7-4-6-15-9(7)10(13)14/h3-6H,2H2,1H3,(H,13,14). The third-order valence-corrected chi connectivity index (χ3v) is 2.15. The molecule has 0 atom stereocenters. The van der Waals surface area contributed by atoms with Crippen molar-refractivity contribution in [3.63, 3.8) is 0 Å². The molecule has 0 saturated carbocycles. The van der Waals surface area contributed by atoms with E-state index in [1.54, 1.807) is 23.0 Å². The van der Waals surface area contributed by atoms with Crippen LogP contribution in [0.15, 0.2) is 29.0 Å². The fourth-order valence-electron chi connectivity index (χ4n) is 1.49. The summed E-state index contributed by atoms with van der Waals surface area (Å²) in [7, 11) is 0. The van der Waals surface area contributed by atoms with Crippen molar-refractivity contribution in [2.24, 2.45) is 0 Å². The zero-order valence-corrected chi connectivity index (χ0v) is 8.17. The van der Waals surface area contributed by atoms with Gasteiger partial charge in [0.2, 0.25) is 5.76 Å². The van der Waals surface area contributed by atoms with E-state index in [9.17, 15) is 4.79 Å². The SMILES string of the molecule is CCn1nccc1-c1ccoc1C(=O)O. The highest BCUT2D eigenvalue weighted by molar-refractivity contribution is 5.92. The maximum absolute atomic E-state index is 10.9. The molecule has 2 rings (SSSR count). The van der Waals surface area contributed by atoms with Crippen LogP contribution in [0.3, 0.4) is 0 Å². The fraction of sp³-hybridized carbons (Fsp3) is 0.200. The van der Waals surface area contributed by atoms with Crippen molar-refractivity contribution >= 4 is 5.97 Å². The number of rotatable bonds is 3. The molecule has 15 heavy (non-hydrogen) atoms. The van der Waals surface area contributed by atoms with E-state index in [1.807, 2.05) is 6.92 Å². The summed E-state index contributed by atoms with van der Waals surface area (Å²) < 4.78 is 6.63. The number of furan rings is 1. The smallest absolute Gasteiger partial charge is 0.372 e. The monoisotopic (exact) mass is 206 g/mol. The van der Waals surface area contributed by atoms with Crippen LogP contribution in [0, 0.1) is 0 Å². The summed E-state index contributed by atoms with van der Waals surface area (Å²) in [5.74, 6) is -1.12. The predicted octanol–water partition coefficient (Wildman–Crippen LogP) is 1.86. The number of nitrogens with zero attached hydrogens (tertiary/aromatic N) is 2.